The second-order valence-corrected chi connectivity index (χ2v) is 13.4. The second-order valence-electron chi connectivity index (χ2n) is 12.3. The molecular formula is C44H27N3S. The summed E-state index contributed by atoms with van der Waals surface area (Å²) in [7, 11) is 0. The van der Waals surface area contributed by atoms with E-state index in [0.29, 0.717) is 5.95 Å². The lowest BCUT2D eigenvalue weighted by atomic mass is 9.94. The van der Waals surface area contributed by atoms with Crippen molar-refractivity contribution in [2.75, 3.05) is 0 Å². The summed E-state index contributed by atoms with van der Waals surface area (Å²) in [6, 6.07) is 54.3. The zero-order valence-electron chi connectivity index (χ0n) is 25.8. The molecule has 0 aliphatic carbocycles. The Hall–Kier alpha value is -6.10. The molecule has 48 heavy (non-hydrogen) atoms. The average molecular weight is 630 g/mol. The highest BCUT2D eigenvalue weighted by molar-refractivity contribution is 7.25. The first kappa shape index (κ1) is 27.1. The Balaban J connectivity index is 1.14. The van der Waals surface area contributed by atoms with Gasteiger partial charge in [-0.3, -0.25) is 4.57 Å². The van der Waals surface area contributed by atoms with Crippen LogP contribution in [0.15, 0.2) is 164 Å². The van der Waals surface area contributed by atoms with Crippen LogP contribution in [0.5, 0.6) is 0 Å². The van der Waals surface area contributed by atoms with Gasteiger partial charge in [0.15, 0.2) is 0 Å². The molecule has 3 aromatic heterocycles. The summed E-state index contributed by atoms with van der Waals surface area (Å²) in [5, 5.41) is 7.55. The highest BCUT2D eigenvalue weighted by Crippen LogP contribution is 2.41. The van der Waals surface area contributed by atoms with E-state index < -0.39 is 0 Å². The van der Waals surface area contributed by atoms with Gasteiger partial charge in [0, 0.05) is 48.9 Å². The van der Waals surface area contributed by atoms with Crippen molar-refractivity contribution in [3.8, 4) is 39.3 Å². The molecule has 0 unspecified atom stereocenters. The van der Waals surface area contributed by atoms with Crippen LogP contribution in [0.2, 0.25) is 0 Å². The summed E-state index contributed by atoms with van der Waals surface area (Å²) >= 11 is 1.86. The van der Waals surface area contributed by atoms with Crippen LogP contribution in [0.1, 0.15) is 0 Å². The molecule has 0 saturated carbocycles. The largest absolute Gasteiger partial charge is 0.278 e. The van der Waals surface area contributed by atoms with Crippen LogP contribution >= 0.6 is 11.3 Å². The maximum atomic E-state index is 5.02. The summed E-state index contributed by atoms with van der Waals surface area (Å²) in [4.78, 5) is 10.0. The molecule has 0 N–H and O–H groups in total. The first-order chi connectivity index (χ1) is 23.8. The number of hydrogen-bond donors (Lipinski definition) is 0. The van der Waals surface area contributed by atoms with Gasteiger partial charge in [-0.15, -0.1) is 11.3 Å². The number of hydrogen-bond acceptors (Lipinski definition) is 3. The predicted octanol–water partition coefficient (Wildman–Crippen LogP) is 12.1. The first-order valence-corrected chi connectivity index (χ1v) is 17.0. The number of thiophene rings is 1. The molecule has 0 bridgehead atoms. The van der Waals surface area contributed by atoms with Crippen molar-refractivity contribution in [1.29, 1.82) is 0 Å². The van der Waals surface area contributed by atoms with Crippen LogP contribution in [0, 0.1) is 0 Å². The van der Waals surface area contributed by atoms with Gasteiger partial charge >= 0.3 is 0 Å². The number of para-hydroxylation sites is 1. The molecule has 0 atom stereocenters. The molecule has 3 heterocycles. The average Bonchev–Trinajstić information content (AvgIpc) is 3.70. The van der Waals surface area contributed by atoms with Gasteiger partial charge in [-0.25, -0.2) is 9.97 Å². The second kappa shape index (κ2) is 10.7. The third-order valence-electron chi connectivity index (χ3n) is 9.47. The zero-order chi connectivity index (χ0) is 31.6. The zero-order valence-corrected chi connectivity index (χ0v) is 26.7. The summed E-state index contributed by atoms with van der Waals surface area (Å²) in [5.74, 6) is 0.661. The summed E-state index contributed by atoms with van der Waals surface area (Å²) in [6.07, 6.45) is 3.92. The monoisotopic (exact) mass is 629 g/mol. The van der Waals surface area contributed by atoms with Crippen molar-refractivity contribution in [2.24, 2.45) is 0 Å². The van der Waals surface area contributed by atoms with Crippen molar-refractivity contribution >= 4 is 64.1 Å². The van der Waals surface area contributed by atoms with Crippen LogP contribution in [0.3, 0.4) is 0 Å². The molecule has 0 amide bonds. The van der Waals surface area contributed by atoms with Gasteiger partial charge in [0.25, 0.3) is 0 Å². The highest BCUT2D eigenvalue weighted by Gasteiger charge is 2.18. The van der Waals surface area contributed by atoms with E-state index >= 15 is 0 Å². The Labute approximate surface area is 281 Å². The molecule has 224 valence electrons. The van der Waals surface area contributed by atoms with E-state index in [0.717, 1.165) is 33.3 Å². The lowest BCUT2D eigenvalue weighted by Crippen LogP contribution is -2.00. The number of aromatic nitrogens is 3. The molecule has 10 aromatic rings. The minimum atomic E-state index is 0.661. The normalized spacial score (nSPS) is 11.8. The van der Waals surface area contributed by atoms with E-state index in [1.54, 1.807) is 0 Å². The van der Waals surface area contributed by atoms with Crippen LogP contribution in [-0.4, -0.2) is 14.5 Å². The van der Waals surface area contributed by atoms with Crippen LogP contribution < -0.4 is 0 Å². The fourth-order valence-electron chi connectivity index (χ4n) is 7.20. The molecule has 0 radical (unpaired) electrons. The fraction of sp³-hybridized carbons (Fsp3) is 0. The SMILES string of the molecule is c1ccc(-c2cc(-c3ccccc3)cc(-c3cnc(-n4c5ccccc5c5c6cc7c(cc6ccc54)sc4ccccc47)nc3)c2)cc1. The lowest BCUT2D eigenvalue weighted by molar-refractivity contribution is 0.990. The molecular weight excluding hydrogens is 603 g/mol. The van der Waals surface area contributed by atoms with Gasteiger partial charge < -0.3 is 0 Å². The van der Waals surface area contributed by atoms with E-state index in [-0.39, 0.29) is 0 Å². The molecule has 0 fully saturated rings. The van der Waals surface area contributed by atoms with Gasteiger partial charge in [0.05, 0.1) is 11.0 Å². The number of nitrogens with zero attached hydrogens (tertiary/aromatic N) is 3. The van der Waals surface area contributed by atoms with E-state index in [9.17, 15) is 0 Å². The summed E-state index contributed by atoms with van der Waals surface area (Å²) < 4.78 is 4.84. The maximum absolute atomic E-state index is 5.02. The van der Waals surface area contributed by atoms with Crippen LogP contribution in [0.4, 0.5) is 0 Å². The quantitative estimate of drug-likeness (QED) is 0.194. The van der Waals surface area contributed by atoms with Gasteiger partial charge in [0.1, 0.15) is 0 Å². The van der Waals surface area contributed by atoms with E-state index in [1.807, 2.05) is 23.7 Å². The smallest absolute Gasteiger partial charge is 0.234 e. The molecule has 0 spiro atoms. The van der Waals surface area contributed by atoms with Crippen molar-refractivity contribution in [3.05, 3.63) is 164 Å². The van der Waals surface area contributed by atoms with E-state index in [2.05, 4.69) is 156 Å². The van der Waals surface area contributed by atoms with Crippen molar-refractivity contribution < 1.29 is 0 Å². The third-order valence-corrected chi connectivity index (χ3v) is 10.6. The highest BCUT2D eigenvalue weighted by atomic mass is 32.1. The Morgan fingerprint density at radius 2 is 1.00 bits per heavy atom. The molecule has 4 heteroatoms. The van der Waals surface area contributed by atoms with Crippen molar-refractivity contribution in [1.82, 2.24) is 14.5 Å². The Morgan fingerprint density at radius 1 is 0.396 bits per heavy atom. The van der Waals surface area contributed by atoms with Crippen molar-refractivity contribution in [3.63, 3.8) is 0 Å². The predicted molar refractivity (Wildman–Crippen MR) is 203 cm³/mol. The Kier molecular flexibility index (Phi) is 6.05. The Morgan fingerprint density at radius 3 is 1.71 bits per heavy atom. The number of benzene rings is 7. The van der Waals surface area contributed by atoms with Gasteiger partial charge in [0.2, 0.25) is 5.95 Å². The van der Waals surface area contributed by atoms with Crippen molar-refractivity contribution in [2.45, 2.75) is 0 Å². The Bertz CT molecular complexity index is 2760. The minimum absolute atomic E-state index is 0.661. The third kappa shape index (κ3) is 4.27. The van der Waals surface area contributed by atoms with Gasteiger partial charge in [-0.05, 0) is 87.1 Å². The first-order valence-electron chi connectivity index (χ1n) is 16.1. The molecule has 7 aromatic carbocycles. The van der Waals surface area contributed by atoms with Gasteiger partial charge in [-0.1, -0.05) is 103 Å². The topological polar surface area (TPSA) is 30.7 Å². The van der Waals surface area contributed by atoms with E-state index in [1.165, 1.54) is 52.8 Å². The maximum Gasteiger partial charge on any atom is 0.234 e. The standard InChI is InChI=1S/C44H27N3S/c1-3-11-28(12-4-1)31-21-32(29-13-5-2-6-14-29)23-33(22-31)34-26-45-44(46-27-34)47-39-17-9-7-16-36(39)43-37-25-38-35-15-8-10-18-41(35)48-42(38)24-30(37)19-20-40(43)47/h1-27H. The molecule has 0 aliphatic heterocycles. The number of rotatable bonds is 4. The molecule has 0 aliphatic rings. The summed E-state index contributed by atoms with van der Waals surface area (Å²) in [5.41, 5.74) is 8.95. The molecule has 0 saturated heterocycles. The van der Waals surface area contributed by atoms with E-state index in [4.69, 9.17) is 9.97 Å². The van der Waals surface area contributed by atoms with Crippen LogP contribution in [-0.2, 0) is 0 Å². The van der Waals surface area contributed by atoms with Crippen LogP contribution in [0.25, 0.3) is 92.1 Å². The molecule has 10 rings (SSSR count). The lowest BCUT2D eigenvalue weighted by Gasteiger charge is -2.12. The van der Waals surface area contributed by atoms with Gasteiger partial charge in [-0.2, -0.15) is 0 Å². The minimum Gasteiger partial charge on any atom is -0.278 e. The molecule has 3 nitrogen and oxygen atoms in total. The summed E-state index contributed by atoms with van der Waals surface area (Å²) in [6.45, 7) is 0. The fourth-order valence-corrected chi connectivity index (χ4v) is 8.34. The number of fused-ring (bicyclic) bond motifs is 8.